The standard InChI is InChI=1S/C57H57NS/c1-54(2)24-25-55(3,4)51-33-42(18-22-47(51)54)58(41-17-20-45-44-14-10-11-15-46(44)56(5,6)50(45)32-41)43-19-23-49-53(34-43)59-52-31-38(37-12-8-7-9-13-37)16-21-48(52)57(49)39-27-35-26-36(29-39)30-40(57)28-35/h7-23,31-36,39-40H,24-30H2,1-6H3. The molecule has 0 amide bonds. The summed E-state index contributed by atoms with van der Waals surface area (Å²) in [5, 5.41) is 0. The second-order valence-electron chi connectivity index (χ2n) is 21.3. The first kappa shape index (κ1) is 36.3. The zero-order valence-electron chi connectivity index (χ0n) is 35.7. The summed E-state index contributed by atoms with van der Waals surface area (Å²) in [5.74, 6) is 3.26. The first-order valence-electron chi connectivity index (χ1n) is 22.6. The minimum atomic E-state index is -0.0762. The van der Waals surface area contributed by atoms with Crippen LogP contribution >= 0.6 is 11.8 Å². The molecule has 1 nitrogen and oxygen atoms in total. The summed E-state index contributed by atoms with van der Waals surface area (Å²) in [7, 11) is 0. The molecule has 59 heavy (non-hydrogen) atoms. The van der Waals surface area contributed by atoms with Crippen molar-refractivity contribution in [3.8, 4) is 22.3 Å². The van der Waals surface area contributed by atoms with Crippen LogP contribution in [0.25, 0.3) is 22.3 Å². The molecule has 1 aliphatic heterocycles. The number of nitrogens with zero attached hydrogens (tertiary/aromatic N) is 1. The van der Waals surface area contributed by atoms with Crippen molar-refractivity contribution in [2.45, 2.75) is 118 Å². The SMILES string of the molecule is CC1(C)CCC(C)(C)c2cc(N(c3ccc4c(c3)Sc3cc(-c5ccccc5)ccc3C43C4CC5CC(C4)CC3C5)c3ccc4c(c3)C(C)(C)c3ccccc3-4)ccc21. The summed E-state index contributed by atoms with van der Waals surface area (Å²) in [6.07, 6.45) is 9.44. The Bertz CT molecular complexity index is 2670. The predicted octanol–water partition coefficient (Wildman–Crippen LogP) is 15.7. The van der Waals surface area contributed by atoms with Crippen molar-refractivity contribution < 1.29 is 0 Å². The summed E-state index contributed by atoms with van der Waals surface area (Å²) in [4.78, 5) is 5.55. The first-order chi connectivity index (χ1) is 28.4. The topological polar surface area (TPSA) is 3.24 Å². The minimum absolute atomic E-state index is 0.0762. The maximum absolute atomic E-state index is 2.61. The van der Waals surface area contributed by atoms with Gasteiger partial charge >= 0.3 is 0 Å². The Morgan fingerprint density at radius 3 is 1.69 bits per heavy atom. The van der Waals surface area contributed by atoms with E-state index >= 15 is 0 Å². The molecule has 0 unspecified atom stereocenters. The highest BCUT2D eigenvalue weighted by Gasteiger charge is 2.60. The number of hydrogen-bond acceptors (Lipinski definition) is 2. The highest BCUT2D eigenvalue weighted by Crippen LogP contribution is 2.69. The fourth-order valence-corrected chi connectivity index (χ4v) is 15.2. The normalized spacial score (nSPS) is 26.7. The fourth-order valence-electron chi connectivity index (χ4n) is 13.9. The van der Waals surface area contributed by atoms with Gasteiger partial charge in [0.15, 0.2) is 0 Å². The molecule has 2 heteroatoms. The summed E-state index contributed by atoms with van der Waals surface area (Å²) in [6, 6.07) is 50.2. The van der Waals surface area contributed by atoms with Gasteiger partial charge in [-0.1, -0.05) is 138 Å². The molecule has 6 aliphatic carbocycles. The van der Waals surface area contributed by atoms with Crippen molar-refractivity contribution in [1.82, 2.24) is 0 Å². The molecule has 4 fully saturated rings. The maximum atomic E-state index is 2.61. The van der Waals surface area contributed by atoms with Gasteiger partial charge in [0.25, 0.3) is 0 Å². The van der Waals surface area contributed by atoms with Crippen LogP contribution in [0, 0.1) is 23.7 Å². The third-order valence-electron chi connectivity index (χ3n) is 16.8. The van der Waals surface area contributed by atoms with Crippen LogP contribution < -0.4 is 4.90 Å². The number of rotatable bonds is 4. The van der Waals surface area contributed by atoms with E-state index in [-0.39, 0.29) is 21.7 Å². The molecule has 4 saturated carbocycles. The van der Waals surface area contributed by atoms with Crippen LogP contribution in [0.3, 0.4) is 0 Å². The zero-order chi connectivity index (χ0) is 40.1. The summed E-state index contributed by atoms with van der Waals surface area (Å²) in [5.41, 5.74) is 18.6. The Kier molecular flexibility index (Phi) is 7.70. The van der Waals surface area contributed by atoms with Gasteiger partial charge in [-0.3, -0.25) is 0 Å². The van der Waals surface area contributed by atoms with Crippen LogP contribution in [0.2, 0.25) is 0 Å². The van der Waals surface area contributed by atoms with E-state index in [4.69, 9.17) is 0 Å². The van der Waals surface area contributed by atoms with E-state index in [0.29, 0.717) is 11.8 Å². The number of fused-ring (bicyclic) bond motifs is 6. The lowest BCUT2D eigenvalue weighted by atomic mass is 9.42. The molecule has 0 radical (unpaired) electrons. The molecule has 7 aliphatic rings. The quantitative estimate of drug-likeness (QED) is 0.175. The minimum Gasteiger partial charge on any atom is -0.310 e. The Hall–Kier alpha value is -4.53. The molecule has 0 N–H and O–H groups in total. The van der Waals surface area contributed by atoms with Crippen molar-refractivity contribution in [3.05, 3.63) is 161 Å². The number of hydrogen-bond donors (Lipinski definition) is 0. The van der Waals surface area contributed by atoms with Crippen molar-refractivity contribution >= 4 is 28.8 Å². The van der Waals surface area contributed by atoms with Gasteiger partial charge in [-0.2, -0.15) is 0 Å². The van der Waals surface area contributed by atoms with E-state index in [1.54, 1.807) is 11.1 Å². The van der Waals surface area contributed by atoms with Gasteiger partial charge in [-0.05, 0) is 178 Å². The van der Waals surface area contributed by atoms with Crippen LogP contribution in [0.4, 0.5) is 17.1 Å². The molecule has 0 atom stereocenters. The maximum Gasteiger partial charge on any atom is 0.0473 e. The van der Waals surface area contributed by atoms with Crippen LogP contribution in [0.15, 0.2) is 137 Å². The lowest BCUT2D eigenvalue weighted by Crippen LogP contribution is -2.57. The summed E-state index contributed by atoms with van der Waals surface area (Å²) in [6.45, 7) is 14.6. The average Bonchev–Trinajstić information content (AvgIpc) is 3.46. The summed E-state index contributed by atoms with van der Waals surface area (Å²) < 4.78 is 0. The van der Waals surface area contributed by atoms with Crippen molar-refractivity contribution in [2.24, 2.45) is 23.7 Å². The molecular formula is C57H57NS. The smallest absolute Gasteiger partial charge is 0.0473 e. The van der Waals surface area contributed by atoms with E-state index in [0.717, 1.165) is 11.8 Å². The molecular weight excluding hydrogens is 731 g/mol. The highest BCUT2D eigenvalue weighted by atomic mass is 32.2. The van der Waals surface area contributed by atoms with Gasteiger partial charge in [0.05, 0.1) is 0 Å². The van der Waals surface area contributed by atoms with E-state index < -0.39 is 0 Å². The fraction of sp³-hybridized carbons (Fsp3) is 0.368. The second-order valence-corrected chi connectivity index (χ2v) is 22.4. The van der Waals surface area contributed by atoms with Gasteiger partial charge in [-0.25, -0.2) is 0 Å². The van der Waals surface area contributed by atoms with Gasteiger partial charge in [0.2, 0.25) is 0 Å². The van der Waals surface area contributed by atoms with Gasteiger partial charge in [-0.15, -0.1) is 0 Å². The monoisotopic (exact) mass is 787 g/mol. The zero-order valence-corrected chi connectivity index (χ0v) is 36.6. The van der Waals surface area contributed by atoms with Crippen LogP contribution in [-0.2, 0) is 21.7 Å². The van der Waals surface area contributed by atoms with E-state index in [1.165, 1.54) is 116 Å². The van der Waals surface area contributed by atoms with Crippen molar-refractivity contribution in [3.63, 3.8) is 0 Å². The lowest BCUT2D eigenvalue weighted by molar-refractivity contribution is -0.0443. The predicted molar refractivity (Wildman–Crippen MR) is 248 cm³/mol. The van der Waals surface area contributed by atoms with Crippen molar-refractivity contribution in [2.75, 3.05) is 4.90 Å². The molecule has 1 heterocycles. The van der Waals surface area contributed by atoms with Crippen LogP contribution in [-0.4, -0.2) is 0 Å². The number of anilines is 3. The Morgan fingerprint density at radius 1 is 0.441 bits per heavy atom. The van der Waals surface area contributed by atoms with Crippen molar-refractivity contribution in [1.29, 1.82) is 0 Å². The largest absolute Gasteiger partial charge is 0.310 e. The molecule has 0 aromatic heterocycles. The number of benzene rings is 6. The molecule has 6 aromatic rings. The lowest BCUT2D eigenvalue weighted by Gasteiger charge is -2.63. The Morgan fingerprint density at radius 2 is 0.983 bits per heavy atom. The molecule has 6 aromatic carbocycles. The van der Waals surface area contributed by atoms with E-state index in [9.17, 15) is 0 Å². The Balaban J connectivity index is 1.06. The van der Waals surface area contributed by atoms with Gasteiger partial charge in [0.1, 0.15) is 0 Å². The van der Waals surface area contributed by atoms with Crippen LogP contribution in [0.5, 0.6) is 0 Å². The van der Waals surface area contributed by atoms with Gasteiger partial charge in [0, 0.05) is 37.7 Å². The first-order valence-corrected chi connectivity index (χ1v) is 23.5. The molecule has 4 bridgehead atoms. The second kappa shape index (κ2) is 12.5. The van der Waals surface area contributed by atoms with Gasteiger partial charge < -0.3 is 4.90 Å². The molecule has 13 rings (SSSR count). The third kappa shape index (κ3) is 5.17. The van der Waals surface area contributed by atoms with E-state index in [1.807, 2.05) is 11.8 Å². The average molecular weight is 788 g/mol. The third-order valence-corrected chi connectivity index (χ3v) is 17.9. The summed E-state index contributed by atoms with van der Waals surface area (Å²) >= 11 is 2.04. The van der Waals surface area contributed by atoms with E-state index in [2.05, 4.69) is 174 Å². The van der Waals surface area contributed by atoms with Crippen LogP contribution in [0.1, 0.15) is 120 Å². The molecule has 1 spiro atoms. The Labute approximate surface area is 356 Å². The molecule has 0 saturated heterocycles. The highest BCUT2D eigenvalue weighted by molar-refractivity contribution is 7.99. The molecule has 296 valence electrons.